The van der Waals surface area contributed by atoms with Crippen LogP contribution in [0.5, 0.6) is 0 Å². The highest BCUT2D eigenvalue weighted by atomic mass is 15.0. The first-order chi connectivity index (χ1) is 25.2. The van der Waals surface area contributed by atoms with Crippen LogP contribution in [0, 0.1) is 34.0 Å². The lowest BCUT2D eigenvalue weighted by atomic mass is 9.94. The van der Waals surface area contributed by atoms with Crippen molar-refractivity contribution >= 4 is 32.7 Å². The monoisotopic (exact) mass is 651 g/mol. The maximum absolute atomic E-state index is 10.4. The number of hydrogen-bond donors (Lipinski definition) is 0. The molecular weight excluding hydrogens is 623 g/mol. The first-order valence-corrected chi connectivity index (χ1v) is 17.1. The number of rotatable bonds is 4. The molecule has 0 aliphatic heterocycles. The van der Waals surface area contributed by atoms with Crippen molar-refractivity contribution in [1.29, 1.82) is 15.8 Å². The normalized spacial score (nSPS) is 12.5. The van der Waals surface area contributed by atoms with Crippen molar-refractivity contribution in [1.82, 2.24) is 9.13 Å². The number of aromatic nitrogens is 2. The Morgan fingerprint density at radius 1 is 0.510 bits per heavy atom. The summed E-state index contributed by atoms with van der Waals surface area (Å²) < 4.78 is 4.54. The third kappa shape index (κ3) is 4.74. The average molecular weight is 652 g/mol. The van der Waals surface area contributed by atoms with Crippen LogP contribution in [0.3, 0.4) is 0 Å². The van der Waals surface area contributed by atoms with Gasteiger partial charge in [-0.05, 0) is 96.1 Å². The van der Waals surface area contributed by atoms with Crippen LogP contribution in [-0.4, -0.2) is 9.13 Å². The number of fused-ring (bicyclic) bond motifs is 6. The molecule has 0 radical (unpaired) electrons. The molecule has 0 saturated heterocycles. The molecule has 9 rings (SSSR count). The molecule has 51 heavy (non-hydrogen) atoms. The summed E-state index contributed by atoms with van der Waals surface area (Å²) in [6, 6.07) is 52.9. The highest BCUT2D eigenvalue weighted by molar-refractivity contribution is 6.10. The van der Waals surface area contributed by atoms with Gasteiger partial charge in [0.05, 0.1) is 51.6 Å². The summed E-state index contributed by atoms with van der Waals surface area (Å²) in [5, 5.41) is 33.3. The Bertz CT molecular complexity index is 2810. The van der Waals surface area contributed by atoms with Gasteiger partial charge in [-0.3, -0.25) is 0 Å². The molecule has 0 fully saturated rings. The summed E-state index contributed by atoms with van der Waals surface area (Å²) in [6.07, 6.45) is 4.04. The molecular formula is C46H29N5. The van der Waals surface area contributed by atoms with Gasteiger partial charge in [0.2, 0.25) is 0 Å². The largest absolute Gasteiger partial charge is 0.313 e. The topological polar surface area (TPSA) is 81.2 Å². The van der Waals surface area contributed by atoms with E-state index in [1.807, 2.05) is 30.3 Å². The Morgan fingerprint density at radius 2 is 1.16 bits per heavy atom. The summed E-state index contributed by atoms with van der Waals surface area (Å²) >= 11 is 0. The van der Waals surface area contributed by atoms with Crippen molar-refractivity contribution < 1.29 is 0 Å². The Morgan fingerprint density at radius 3 is 1.88 bits per heavy atom. The van der Waals surface area contributed by atoms with Gasteiger partial charge < -0.3 is 9.13 Å². The molecule has 1 aliphatic carbocycles. The molecule has 0 spiro atoms. The molecule has 0 saturated carbocycles. The van der Waals surface area contributed by atoms with E-state index in [1.54, 1.807) is 0 Å². The van der Waals surface area contributed by atoms with E-state index in [9.17, 15) is 15.8 Å². The van der Waals surface area contributed by atoms with Crippen molar-refractivity contribution in [2.75, 3.05) is 0 Å². The minimum atomic E-state index is 0.618. The zero-order valence-electron chi connectivity index (χ0n) is 27.6. The Hall–Kier alpha value is -7.13. The predicted octanol–water partition coefficient (Wildman–Crippen LogP) is 10.7. The van der Waals surface area contributed by atoms with Gasteiger partial charge in [-0.1, -0.05) is 84.9 Å². The van der Waals surface area contributed by atoms with Crippen LogP contribution in [-0.2, 0) is 12.8 Å². The standard InChI is InChI=1S/C46H29N5/c47-27-30-18-24-39-42(25-19-30)50(44-17-7-11-35(29-49)46(39)44)36-22-20-31(21-23-36)32-8-5-9-33(26-32)45-34(28-48)10-6-16-43(45)51-40-14-3-1-12-37(40)38-13-2-4-15-41(38)51/h1-18,20-23,26H,19,24-25H2. The van der Waals surface area contributed by atoms with Crippen molar-refractivity contribution in [2.24, 2.45) is 0 Å². The zero-order valence-corrected chi connectivity index (χ0v) is 27.6. The molecule has 2 aromatic heterocycles. The number of benzene rings is 6. The van der Waals surface area contributed by atoms with Gasteiger partial charge in [-0.15, -0.1) is 0 Å². The first kappa shape index (κ1) is 30.0. The van der Waals surface area contributed by atoms with Crippen molar-refractivity contribution in [3.8, 4) is 51.8 Å². The van der Waals surface area contributed by atoms with E-state index in [2.05, 4.69) is 137 Å². The van der Waals surface area contributed by atoms with Crippen LogP contribution in [0.1, 0.15) is 28.8 Å². The van der Waals surface area contributed by atoms with E-state index in [1.165, 1.54) is 10.8 Å². The number of nitrogens with zero attached hydrogens (tertiary/aromatic N) is 5. The molecule has 0 bridgehead atoms. The van der Waals surface area contributed by atoms with Gasteiger partial charge in [0, 0.05) is 38.7 Å². The first-order valence-electron chi connectivity index (χ1n) is 17.1. The predicted molar refractivity (Wildman–Crippen MR) is 204 cm³/mol. The van der Waals surface area contributed by atoms with Crippen molar-refractivity contribution in [3.05, 3.63) is 167 Å². The zero-order chi connectivity index (χ0) is 34.5. The van der Waals surface area contributed by atoms with E-state index < -0.39 is 0 Å². The van der Waals surface area contributed by atoms with Crippen LogP contribution in [0.25, 0.3) is 66.3 Å². The third-order valence-corrected chi connectivity index (χ3v) is 10.2. The van der Waals surface area contributed by atoms with Crippen molar-refractivity contribution in [3.63, 3.8) is 0 Å². The molecule has 0 unspecified atom stereocenters. The molecule has 0 amide bonds. The number of hydrogen-bond acceptors (Lipinski definition) is 3. The minimum Gasteiger partial charge on any atom is -0.313 e. The molecule has 0 N–H and O–H groups in total. The Labute approximate surface area is 295 Å². The lowest BCUT2D eigenvalue weighted by Gasteiger charge is -2.16. The number of allylic oxidation sites excluding steroid dienone is 2. The minimum absolute atomic E-state index is 0.618. The highest BCUT2D eigenvalue weighted by Gasteiger charge is 2.23. The molecule has 5 nitrogen and oxygen atoms in total. The van der Waals surface area contributed by atoms with E-state index in [4.69, 9.17) is 0 Å². The summed E-state index contributed by atoms with van der Waals surface area (Å²) in [7, 11) is 0. The quantitative estimate of drug-likeness (QED) is 0.190. The third-order valence-electron chi connectivity index (χ3n) is 10.2. The van der Waals surface area contributed by atoms with Gasteiger partial charge in [0.1, 0.15) is 0 Å². The Balaban J connectivity index is 1.16. The fraction of sp³-hybridized carbons (Fsp3) is 0.0652. The van der Waals surface area contributed by atoms with Gasteiger partial charge in [0.25, 0.3) is 0 Å². The molecule has 1 aliphatic rings. The van der Waals surface area contributed by atoms with E-state index in [0.717, 1.165) is 78.8 Å². The maximum atomic E-state index is 10.4. The second-order valence-corrected chi connectivity index (χ2v) is 12.9. The van der Waals surface area contributed by atoms with Crippen LogP contribution in [0.2, 0.25) is 0 Å². The SMILES string of the molecule is N#CC1=CCc2c(n(-c3ccc(-c4cccc(-c5c(C#N)cccc5-n5c6ccccc6c6ccccc65)c4)cc3)c3cccc(C#N)c23)CC1. The molecule has 8 aromatic rings. The van der Waals surface area contributed by atoms with Crippen LogP contribution >= 0.6 is 0 Å². The number of nitriles is 3. The second-order valence-electron chi connectivity index (χ2n) is 12.9. The van der Waals surface area contributed by atoms with E-state index >= 15 is 0 Å². The van der Waals surface area contributed by atoms with Crippen LogP contribution in [0.15, 0.2) is 145 Å². The highest BCUT2D eigenvalue weighted by Crippen LogP contribution is 2.40. The maximum Gasteiger partial charge on any atom is 0.0998 e. The van der Waals surface area contributed by atoms with Crippen LogP contribution in [0.4, 0.5) is 0 Å². The summed E-state index contributed by atoms with van der Waals surface area (Å²) in [5.41, 5.74) is 13.5. The summed E-state index contributed by atoms with van der Waals surface area (Å²) in [5.74, 6) is 0. The lowest BCUT2D eigenvalue weighted by Crippen LogP contribution is -2.02. The second kappa shape index (κ2) is 12.1. The fourth-order valence-corrected chi connectivity index (χ4v) is 7.98. The van der Waals surface area contributed by atoms with Crippen molar-refractivity contribution in [2.45, 2.75) is 19.3 Å². The Kier molecular flexibility index (Phi) is 7.10. The summed E-state index contributed by atoms with van der Waals surface area (Å²) in [6.45, 7) is 0. The van der Waals surface area contributed by atoms with Gasteiger partial charge >= 0.3 is 0 Å². The van der Waals surface area contributed by atoms with Gasteiger partial charge in [-0.25, -0.2) is 0 Å². The summed E-state index contributed by atoms with van der Waals surface area (Å²) in [4.78, 5) is 0. The van der Waals surface area contributed by atoms with E-state index in [-0.39, 0.29) is 0 Å². The molecule has 2 heterocycles. The van der Waals surface area contributed by atoms with Gasteiger partial charge in [0.15, 0.2) is 0 Å². The average Bonchev–Trinajstić information content (AvgIpc) is 3.61. The van der Waals surface area contributed by atoms with E-state index in [0.29, 0.717) is 24.0 Å². The molecule has 238 valence electrons. The van der Waals surface area contributed by atoms with Gasteiger partial charge in [-0.2, -0.15) is 15.8 Å². The van der Waals surface area contributed by atoms with Crippen LogP contribution < -0.4 is 0 Å². The molecule has 0 atom stereocenters. The fourth-order valence-electron chi connectivity index (χ4n) is 7.98. The smallest absolute Gasteiger partial charge is 0.0998 e. The lowest BCUT2D eigenvalue weighted by molar-refractivity contribution is 0.883. The number of para-hydroxylation sites is 2. The molecule has 5 heteroatoms. The molecule has 6 aromatic carbocycles.